The Labute approximate surface area is 193 Å². The smallest absolute Gasteiger partial charge is 0.252 e. The van der Waals surface area contributed by atoms with Gasteiger partial charge in [-0.1, -0.05) is 29.8 Å². The molecule has 174 valence electrons. The Kier molecular flexibility index (Phi) is 5.70. The SMILES string of the molecule is Cc1ccc(-c2cc(C(=O)NC[C@@H]3CCCO3)c3c(C)nn([C@@H]4CCS(=O)(=O)C4)c3n2)cc1. The molecule has 8 nitrogen and oxygen atoms in total. The molecule has 2 aliphatic heterocycles. The zero-order chi connectivity index (χ0) is 23.2. The number of aryl methyl sites for hydroxylation is 2. The molecule has 9 heteroatoms. The van der Waals surface area contributed by atoms with E-state index in [0.29, 0.717) is 41.0 Å². The van der Waals surface area contributed by atoms with Crippen molar-refractivity contribution in [1.82, 2.24) is 20.1 Å². The lowest BCUT2D eigenvalue weighted by Crippen LogP contribution is -2.32. The van der Waals surface area contributed by atoms with E-state index >= 15 is 0 Å². The van der Waals surface area contributed by atoms with Crippen molar-refractivity contribution in [2.75, 3.05) is 24.7 Å². The molecule has 2 aliphatic rings. The van der Waals surface area contributed by atoms with Gasteiger partial charge in [0.25, 0.3) is 5.91 Å². The van der Waals surface area contributed by atoms with Crippen molar-refractivity contribution in [1.29, 1.82) is 0 Å². The zero-order valence-corrected chi connectivity index (χ0v) is 19.7. The summed E-state index contributed by atoms with van der Waals surface area (Å²) in [5.74, 6) is -0.0158. The van der Waals surface area contributed by atoms with E-state index in [1.165, 1.54) is 0 Å². The first-order valence-electron chi connectivity index (χ1n) is 11.4. The molecule has 5 rings (SSSR count). The Hall–Kier alpha value is -2.78. The highest BCUT2D eigenvalue weighted by Gasteiger charge is 2.32. The maximum absolute atomic E-state index is 13.3. The number of aromatic nitrogens is 3. The number of rotatable bonds is 5. The van der Waals surface area contributed by atoms with Gasteiger partial charge in [-0.25, -0.2) is 18.1 Å². The molecule has 2 saturated heterocycles. The maximum Gasteiger partial charge on any atom is 0.252 e. The van der Waals surface area contributed by atoms with Gasteiger partial charge in [0.15, 0.2) is 15.5 Å². The summed E-state index contributed by atoms with van der Waals surface area (Å²) in [6.07, 6.45) is 2.48. The topological polar surface area (TPSA) is 103 Å². The van der Waals surface area contributed by atoms with E-state index < -0.39 is 9.84 Å². The van der Waals surface area contributed by atoms with Gasteiger partial charge in [-0.2, -0.15) is 5.10 Å². The molecule has 2 aromatic heterocycles. The number of carbonyl (C=O) groups excluding carboxylic acids is 1. The average molecular weight is 469 g/mol. The highest BCUT2D eigenvalue weighted by molar-refractivity contribution is 7.91. The lowest BCUT2D eigenvalue weighted by molar-refractivity contribution is 0.0859. The summed E-state index contributed by atoms with van der Waals surface area (Å²) in [6.45, 7) is 5.04. The van der Waals surface area contributed by atoms with Crippen molar-refractivity contribution in [2.45, 2.75) is 45.3 Å². The molecule has 0 radical (unpaired) electrons. The monoisotopic (exact) mass is 468 g/mol. The van der Waals surface area contributed by atoms with Gasteiger partial charge in [-0.05, 0) is 39.2 Å². The van der Waals surface area contributed by atoms with Crippen molar-refractivity contribution in [2.24, 2.45) is 0 Å². The van der Waals surface area contributed by atoms with Crippen LogP contribution in [-0.2, 0) is 14.6 Å². The van der Waals surface area contributed by atoms with Crippen LogP contribution in [0.5, 0.6) is 0 Å². The number of nitrogens with zero attached hydrogens (tertiary/aromatic N) is 3. The third kappa shape index (κ3) is 4.39. The number of nitrogens with one attached hydrogen (secondary N) is 1. The summed E-state index contributed by atoms with van der Waals surface area (Å²) in [7, 11) is -3.10. The highest BCUT2D eigenvalue weighted by Crippen LogP contribution is 2.32. The van der Waals surface area contributed by atoms with Gasteiger partial charge in [0.05, 0.1) is 46.0 Å². The Morgan fingerprint density at radius 3 is 2.67 bits per heavy atom. The van der Waals surface area contributed by atoms with E-state index in [2.05, 4.69) is 10.4 Å². The molecule has 1 aromatic carbocycles. The fourth-order valence-electron chi connectivity index (χ4n) is 4.69. The highest BCUT2D eigenvalue weighted by atomic mass is 32.2. The number of carbonyl (C=O) groups is 1. The molecule has 2 fully saturated rings. The summed E-state index contributed by atoms with van der Waals surface area (Å²) >= 11 is 0. The molecular formula is C24H28N4O4S. The van der Waals surface area contributed by atoms with Crippen LogP contribution < -0.4 is 5.32 Å². The van der Waals surface area contributed by atoms with Gasteiger partial charge in [0.1, 0.15) is 0 Å². The number of amides is 1. The van der Waals surface area contributed by atoms with Crippen molar-refractivity contribution < 1.29 is 17.9 Å². The summed E-state index contributed by atoms with van der Waals surface area (Å²) in [4.78, 5) is 18.2. The van der Waals surface area contributed by atoms with Crippen molar-refractivity contribution in [3.63, 3.8) is 0 Å². The average Bonchev–Trinajstić information content (AvgIpc) is 3.51. The number of sulfone groups is 1. The Bertz CT molecular complexity index is 1310. The van der Waals surface area contributed by atoms with Crippen LogP contribution in [0.15, 0.2) is 30.3 Å². The second-order valence-corrected chi connectivity index (χ2v) is 11.3. The predicted molar refractivity (Wildman–Crippen MR) is 126 cm³/mol. The van der Waals surface area contributed by atoms with Gasteiger partial charge in [-0.3, -0.25) is 4.79 Å². The summed E-state index contributed by atoms with van der Waals surface area (Å²) in [5, 5.41) is 8.33. The minimum atomic E-state index is -3.10. The lowest BCUT2D eigenvalue weighted by atomic mass is 10.0. The van der Waals surface area contributed by atoms with Crippen molar-refractivity contribution >= 4 is 26.8 Å². The predicted octanol–water partition coefficient (Wildman–Crippen LogP) is 2.98. The van der Waals surface area contributed by atoms with Gasteiger partial charge in [0.2, 0.25) is 0 Å². The zero-order valence-electron chi connectivity index (χ0n) is 18.9. The molecule has 3 aromatic rings. The van der Waals surface area contributed by atoms with Crippen LogP contribution in [-0.4, -0.2) is 59.9 Å². The second kappa shape index (κ2) is 8.53. The Morgan fingerprint density at radius 1 is 1.21 bits per heavy atom. The molecule has 1 amide bonds. The van der Waals surface area contributed by atoms with E-state index in [1.807, 2.05) is 44.2 Å². The molecule has 0 unspecified atom stereocenters. The van der Waals surface area contributed by atoms with Crippen molar-refractivity contribution in [3.8, 4) is 11.3 Å². The van der Waals surface area contributed by atoms with Crippen molar-refractivity contribution in [3.05, 3.63) is 47.2 Å². The van der Waals surface area contributed by atoms with Crippen LogP contribution in [0.25, 0.3) is 22.3 Å². The number of hydrogen-bond donors (Lipinski definition) is 1. The van der Waals surface area contributed by atoms with Gasteiger partial charge >= 0.3 is 0 Å². The Morgan fingerprint density at radius 2 is 2.00 bits per heavy atom. The normalized spacial score (nSPS) is 22.1. The largest absolute Gasteiger partial charge is 0.376 e. The molecule has 0 saturated carbocycles. The van der Waals surface area contributed by atoms with Gasteiger partial charge in [-0.15, -0.1) is 0 Å². The molecule has 2 atom stereocenters. The summed E-state index contributed by atoms with van der Waals surface area (Å²) in [5.41, 5.74) is 4.39. The maximum atomic E-state index is 13.3. The van der Waals surface area contributed by atoms with E-state index in [9.17, 15) is 13.2 Å². The Balaban J connectivity index is 1.60. The second-order valence-electron chi connectivity index (χ2n) is 9.05. The minimum Gasteiger partial charge on any atom is -0.376 e. The number of pyridine rings is 1. The van der Waals surface area contributed by atoms with E-state index in [4.69, 9.17) is 9.72 Å². The summed E-state index contributed by atoms with van der Waals surface area (Å²) in [6, 6.07) is 9.49. The third-order valence-corrected chi connectivity index (χ3v) is 8.25. The molecule has 1 N–H and O–H groups in total. The van der Waals surface area contributed by atoms with Gasteiger partial charge in [0, 0.05) is 18.7 Å². The molecule has 33 heavy (non-hydrogen) atoms. The van der Waals surface area contributed by atoms with Crippen LogP contribution in [0.2, 0.25) is 0 Å². The number of hydrogen-bond acceptors (Lipinski definition) is 6. The molecular weight excluding hydrogens is 440 g/mol. The first-order chi connectivity index (χ1) is 15.8. The van der Waals surface area contributed by atoms with Gasteiger partial charge < -0.3 is 10.1 Å². The summed E-state index contributed by atoms with van der Waals surface area (Å²) < 4.78 is 31.6. The van der Waals surface area contributed by atoms with Crippen LogP contribution >= 0.6 is 0 Å². The van der Waals surface area contributed by atoms with Crippen LogP contribution in [0.1, 0.15) is 46.9 Å². The van der Waals surface area contributed by atoms with Crippen LogP contribution in [0.4, 0.5) is 0 Å². The first kappa shape index (κ1) is 22.0. The molecule has 0 aliphatic carbocycles. The van der Waals surface area contributed by atoms with E-state index in [-0.39, 0.29) is 29.6 Å². The number of fused-ring (bicyclic) bond motifs is 1. The van der Waals surface area contributed by atoms with Crippen LogP contribution in [0.3, 0.4) is 0 Å². The number of benzene rings is 1. The van der Waals surface area contributed by atoms with E-state index in [0.717, 1.165) is 30.6 Å². The molecule has 0 spiro atoms. The molecule has 0 bridgehead atoms. The van der Waals surface area contributed by atoms with E-state index in [1.54, 1.807) is 4.68 Å². The third-order valence-electron chi connectivity index (χ3n) is 6.50. The molecule has 4 heterocycles. The fraction of sp³-hybridized carbons (Fsp3) is 0.458. The lowest BCUT2D eigenvalue weighted by Gasteiger charge is -2.14. The fourth-order valence-corrected chi connectivity index (χ4v) is 6.39. The standard InChI is InChI=1S/C24H28N4O4S/c1-15-5-7-17(8-6-15)21-12-20(24(29)25-13-19-4-3-10-32-19)22-16(2)27-28(23(22)26-21)18-9-11-33(30,31)14-18/h5-8,12,18-19H,3-4,9-11,13-14H2,1-2H3,(H,25,29)/t18-,19+/m1/s1. The first-order valence-corrected chi connectivity index (χ1v) is 13.2. The quantitative estimate of drug-likeness (QED) is 0.618. The van der Waals surface area contributed by atoms with Crippen LogP contribution in [0, 0.1) is 13.8 Å². The number of ether oxygens (including phenoxy) is 1. The minimum absolute atomic E-state index is 0.0374.